The zero-order valence-electron chi connectivity index (χ0n) is 17.1. The van der Waals surface area contributed by atoms with E-state index in [1.165, 1.54) is 0 Å². The van der Waals surface area contributed by atoms with Crippen LogP contribution in [0, 0.1) is 13.8 Å². The molecule has 0 radical (unpaired) electrons. The van der Waals surface area contributed by atoms with E-state index in [0.29, 0.717) is 30.8 Å². The van der Waals surface area contributed by atoms with Crippen molar-refractivity contribution in [1.29, 1.82) is 0 Å². The quantitative estimate of drug-likeness (QED) is 0.540. The number of carbonyl (C=O) groups is 1. The summed E-state index contributed by atoms with van der Waals surface area (Å²) in [5.74, 6) is -0.134. The molecule has 0 unspecified atom stereocenters. The van der Waals surface area contributed by atoms with Gasteiger partial charge in [0.2, 0.25) is 0 Å². The van der Waals surface area contributed by atoms with Gasteiger partial charge in [-0.25, -0.2) is 9.78 Å². The molecule has 0 aliphatic rings. The van der Waals surface area contributed by atoms with Gasteiger partial charge in [0.05, 0.1) is 12.1 Å². The minimum Gasteiger partial charge on any atom is -0.350 e. The maximum atomic E-state index is 13.1. The topological polar surface area (TPSA) is 68.9 Å². The minimum absolute atomic E-state index is 0.131. The summed E-state index contributed by atoms with van der Waals surface area (Å²) in [6.07, 6.45) is 1.68. The summed E-state index contributed by atoms with van der Waals surface area (Å²) in [6.45, 7) is 5.05. The predicted octanol–water partition coefficient (Wildman–Crippen LogP) is 3.29. The lowest BCUT2D eigenvalue weighted by molar-refractivity contribution is 0.0951. The number of carbonyl (C=O) groups excluding carboxylic acids is 1. The van der Waals surface area contributed by atoms with E-state index < -0.39 is 0 Å². The van der Waals surface area contributed by atoms with Crippen molar-refractivity contribution in [1.82, 2.24) is 19.4 Å². The third-order valence-corrected chi connectivity index (χ3v) is 5.22. The molecule has 30 heavy (non-hydrogen) atoms. The largest absolute Gasteiger partial charge is 0.350 e. The second kappa shape index (κ2) is 8.37. The van der Waals surface area contributed by atoms with E-state index in [0.717, 1.165) is 22.2 Å². The van der Waals surface area contributed by atoms with Gasteiger partial charge in [-0.05, 0) is 43.2 Å². The van der Waals surface area contributed by atoms with Crippen molar-refractivity contribution in [2.45, 2.75) is 26.9 Å². The standard InChI is InChI=1S/C24H24N4O2/c1-17-10-11-18(2)20(15-17)23(29)26-13-14-27-22-21(9-6-12-25-22)28(24(27)30)16-19-7-4-3-5-8-19/h3-12,15H,13-14,16H2,1-2H3,(H,26,29). The van der Waals surface area contributed by atoms with Gasteiger partial charge in [0, 0.05) is 24.8 Å². The Hall–Kier alpha value is -3.67. The molecule has 2 aromatic carbocycles. The number of hydrogen-bond donors (Lipinski definition) is 1. The van der Waals surface area contributed by atoms with Crippen LogP contribution < -0.4 is 11.0 Å². The molecular formula is C24H24N4O2. The van der Waals surface area contributed by atoms with E-state index in [1.807, 2.05) is 74.5 Å². The molecule has 152 valence electrons. The molecule has 4 rings (SSSR count). The van der Waals surface area contributed by atoms with Crippen molar-refractivity contribution >= 4 is 17.1 Å². The van der Waals surface area contributed by atoms with Gasteiger partial charge >= 0.3 is 5.69 Å². The van der Waals surface area contributed by atoms with Gasteiger partial charge in [-0.3, -0.25) is 13.9 Å². The first kappa shape index (κ1) is 19.6. The summed E-state index contributed by atoms with van der Waals surface area (Å²) in [7, 11) is 0. The molecule has 0 aliphatic carbocycles. The van der Waals surface area contributed by atoms with Gasteiger partial charge in [0.25, 0.3) is 5.91 Å². The zero-order valence-corrected chi connectivity index (χ0v) is 17.1. The van der Waals surface area contributed by atoms with Gasteiger partial charge in [-0.2, -0.15) is 0 Å². The van der Waals surface area contributed by atoms with Gasteiger partial charge in [0.1, 0.15) is 0 Å². The van der Waals surface area contributed by atoms with Crippen molar-refractivity contribution in [3.05, 3.63) is 99.6 Å². The van der Waals surface area contributed by atoms with E-state index in [2.05, 4.69) is 10.3 Å². The third kappa shape index (κ3) is 3.89. The van der Waals surface area contributed by atoms with Crippen LogP contribution in [0.3, 0.4) is 0 Å². The zero-order chi connectivity index (χ0) is 21.1. The Bertz CT molecular complexity index is 1260. The van der Waals surface area contributed by atoms with Crippen molar-refractivity contribution in [2.24, 2.45) is 0 Å². The number of imidazole rings is 1. The summed E-state index contributed by atoms with van der Waals surface area (Å²) >= 11 is 0. The van der Waals surface area contributed by atoms with E-state index in [1.54, 1.807) is 15.3 Å². The summed E-state index contributed by atoms with van der Waals surface area (Å²) in [5.41, 5.74) is 4.95. The average Bonchev–Trinajstić information content (AvgIpc) is 3.02. The van der Waals surface area contributed by atoms with Crippen molar-refractivity contribution in [3.8, 4) is 0 Å². The Morgan fingerprint density at radius 1 is 1.00 bits per heavy atom. The number of nitrogens with one attached hydrogen (secondary N) is 1. The fourth-order valence-electron chi connectivity index (χ4n) is 3.62. The molecule has 2 heterocycles. The van der Waals surface area contributed by atoms with Gasteiger partial charge < -0.3 is 5.32 Å². The Morgan fingerprint density at radius 3 is 2.60 bits per heavy atom. The van der Waals surface area contributed by atoms with Crippen molar-refractivity contribution in [2.75, 3.05) is 6.54 Å². The first-order valence-electron chi connectivity index (χ1n) is 9.98. The summed E-state index contributed by atoms with van der Waals surface area (Å²) in [5, 5.41) is 2.93. The summed E-state index contributed by atoms with van der Waals surface area (Å²) in [4.78, 5) is 30.1. The van der Waals surface area contributed by atoms with Crippen LogP contribution >= 0.6 is 0 Å². The molecule has 2 aromatic heterocycles. The molecule has 0 saturated carbocycles. The average molecular weight is 400 g/mol. The van der Waals surface area contributed by atoms with E-state index in [9.17, 15) is 9.59 Å². The normalized spacial score (nSPS) is 11.0. The molecule has 0 aliphatic heterocycles. The first-order valence-corrected chi connectivity index (χ1v) is 9.98. The SMILES string of the molecule is Cc1ccc(C)c(C(=O)NCCn2c(=O)n(Cc3ccccc3)c3cccnc32)c1. The number of amides is 1. The van der Waals surface area contributed by atoms with E-state index in [-0.39, 0.29) is 11.6 Å². The number of benzene rings is 2. The highest BCUT2D eigenvalue weighted by molar-refractivity contribution is 5.95. The molecule has 1 amide bonds. The molecule has 6 heteroatoms. The van der Waals surface area contributed by atoms with E-state index >= 15 is 0 Å². The number of nitrogens with zero attached hydrogens (tertiary/aromatic N) is 3. The Morgan fingerprint density at radius 2 is 1.80 bits per heavy atom. The molecule has 0 spiro atoms. The van der Waals surface area contributed by atoms with Crippen LogP contribution in [0.5, 0.6) is 0 Å². The highest BCUT2D eigenvalue weighted by atomic mass is 16.2. The van der Waals surface area contributed by atoms with Crippen molar-refractivity contribution in [3.63, 3.8) is 0 Å². The molecule has 6 nitrogen and oxygen atoms in total. The molecular weight excluding hydrogens is 376 g/mol. The molecule has 0 atom stereocenters. The predicted molar refractivity (Wildman–Crippen MR) is 118 cm³/mol. The summed E-state index contributed by atoms with van der Waals surface area (Å²) in [6, 6.07) is 19.4. The lowest BCUT2D eigenvalue weighted by atomic mass is 10.1. The molecule has 1 N–H and O–H groups in total. The second-order valence-electron chi connectivity index (χ2n) is 7.43. The van der Waals surface area contributed by atoms with Gasteiger partial charge in [-0.15, -0.1) is 0 Å². The van der Waals surface area contributed by atoms with Crippen LogP contribution in [0.4, 0.5) is 0 Å². The highest BCUT2D eigenvalue weighted by Crippen LogP contribution is 2.13. The molecule has 0 bridgehead atoms. The maximum absolute atomic E-state index is 13.1. The number of rotatable bonds is 6. The van der Waals surface area contributed by atoms with Crippen LogP contribution in [0.2, 0.25) is 0 Å². The molecule has 4 aromatic rings. The molecule has 0 saturated heterocycles. The van der Waals surface area contributed by atoms with Crippen LogP contribution in [-0.2, 0) is 13.1 Å². The number of hydrogen-bond acceptors (Lipinski definition) is 3. The monoisotopic (exact) mass is 400 g/mol. The Kier molecular flexibility index (Phi) is 5.48. The Labute approximate surface area is 174 Å². The van der Waals surface area contributed by atoms with Gasteiger partial charge in [-0.1, -0.05) is 48.0 Å². The molecule has 0 fully saturated rings. The fourth-order valence-corrected chi connectivity index (χ4v) is 3.62. The van der Waals surface area contributed by atoms with Crippen LogP contribution in [0.1, 0.15) is 27.0 Å². The lowest BCUT2D eigenvalue weighted by Gasteiger charge is -2.09. The fraction of sp³-hybridized carbons (Fsp3) is 0.208. The van der Waals surface area contributed by atoms with E-state index in [4.69, 9.17) is 0 Å². The highest BCUT2D eigenvalue weighted by Gasteiger charge is 2.15. The van der Waals surface area contributed by atoms with Crippen LogP contribution in [-0.4, -0.2) is 26.6 Å². The first-order chi connectivity index (χ1) is 14.5. The number of fused-ring (bicyclic) bond motifs is 1. The lowest BCUT2D eigenvalue weighted by Crippen LogP contribution is -2.32. The maximum Gasteiger partial charge on any atom is 0.330 e. The van der Waals surface area contributed by atoms with Crippen molar-refractivity contribution < 1.29 is 4.79 Å². The minimum atomic E-state index is -0.134. The third-order valence-electron chi connectivity index (χ3n) is 5.22. The second-order valence-corrected chi connectivity index (χ2v) is 7.43. The summed E-state index contributed by atoms with van der Waals surface area (Å²) < 4.78 is 3.35. The van der Waals surface area contributed by atoms with Gasteiger partial charge in [0.15, 0.2) is 5.65 Å². The van der Waals surface area contributed by atoms with Crippen LogP contribution in [0.15, 0.2) is 71.7 Å². The van der Waals surface area contributed by atoms with Crippen LogP contribution in [0.25, 0.3) is 11.2 Å². The smallest absolute Gasteiger partial charge is 0.330 e. The number of aryl methyl sites for hydroxylation is 2. The number of aromatic nitrogens is 3. The number of pyridine rings is 1. The Balaban J connectivity index is 1.56.